The summed E-state index contributed by atoms with van der Waals surface area (Å²) in [5.41, 5.74) is 1.73. The van der Waals surface area contributed by atoms with Crippen molar-refractivity contribution in [3.63, 3.8) is 0 Å². The molecule has 1 atom stereocenters. The highest BCUT2D eigenvalue weighted by molar-refractivity contribution is 7.99. The van der Waals surface area contributed by atoms with Gasteiger partial charge in [0.1, 0.15) is 11.9 Å². The molecule has 0 radical (unpaired) electrons. The fourth-order valence-electron chi connectivity index (χ4n) is 3.04. The van der Waals surface area contributed by atoms with E-state index in [2.05, 4.69) is 5.32 Å². The smallest absolute Gasteiger partial charge is 0.242 e. The van der Waals surface area contributed by atoms with Crippen molar-refractivity contribution < 1.29 is 14.0 Å². The number of thioether (sulfide) groups is 1. The largest absolute Gasteiger partial charge is 0.354 e. The number of benzene rings is 2. The maximum atomic E-state index is 13.3. The lowest BCUT2D eigenvalue weighted by molar-refractivity contribution is -0.139. The van der Waals surface area contributed by atoms with Crippen LogP contribution >= 0.6 is 35.0 Å². The molecule has 2 amide bonds. The van der Waals surface area contributed by atoms with Gasteiger partial charge in [-0.1, -0.05) is 55.2 Å². The van der Waals surface area contributed by atoms with Crippen LogP contribution < -0.4 is 5.32 Å². The highest BCUT2D eigenvalue weighted by atomic mass is 35.5. The van der Waals surface area contributed by atoms with E-state index in [9.17, 15) is 14.0 Å². The van der Waals surface area contributed by atoms with Crippen molar-refractivity contribution in [1.82, 2.24) is 10.2 Å². The molecule has 1 N–H and O–H groups in total. The molecule has 0 spiro atoms. The minimum atomic E-state index is -0.588. The molecule has 0 aliphatic rings. The van der Waals surface area contributed by atoms with Gasteiger partial charge in [0.2, 0.25) is 11.8 Å². The quantitative estimate of drug-likeness (QED) is 0.444. The van der Waals surface area contributed by atoms with Gasteiger partial charge >= 0.3 is 0 Å². The summed E-state index contributed by atoms with van der Waals surface area (Å²) in [4.78, 5) is 27.4. The maximum absolute atomic E-state index is 13.3. The van der Waals surface area contributed by atoms with Crippen LogP contribution in [0.5, 0.6) is 0 Å². The second kappa shape index (κ2) is 12.9. The molecular weight excluding hydrogens is 458 g/mol. The van der Waals surface area contributed by atoms with E-state index < -0.39 is 6.04 Å². The van der Waals surface area contributed by atoms with E-state index in [0.717, 1.165) is 17.5 Å². The van der Waals surface area contributed by atoms with Crippen LogP contribution in [0.1, 0.15) is 37.8 Å². The number of amides is 2. The molecular formula is C23H27Cl2FN2O2S. The molecule has 0 saturated carbocycles. The SMILES string of the molecule is CCCNC(=O)[C@@H](CC)N(Cc1ccc(F)cc1)C(=O)CSCc1ccc(Cl)c(Cl)c1. The molecule has 0 aliphatic carbocycles. The third kappa shape index (κ3) is 8.02. The van der Waals surface area contributed by atoms with Gasteiger partial charge in [-0.25, -0.2) is 4.39 Å². The molecule has 2 aromatic carbocycles. The van der Waals surface area contributed by atoms with Crippen molar-refractivity contribution in [3.8, 4) is 0 Å². The Hall–Kier alpha value is -1.76. The molecule has 0 saturated heterocycles. The summed E-state index contributed by atoms with van der Waals surface area (Å²) in [7, 11) is 0. The van der Waals surface area contributed by atoms with Gasteiger partial charge in [-0.2, -0.15) is 0 Å². The first-order valence-electron chi connectivity index (χ1n) is 10.2. The Labute approximate surface area is 197 Å². The second-order valence-electron chi connectivity index (χ2n) is 7.10. The van der Waals surface area contributed by atoms with Crippen LogP contribution in [-0.4, -0.2) is 35.1 Å². The zero-order chi connectivity index (χ0) is 22.8. The van der Waals surface area contributed by atoms with Gasteiger partial charge in [-0.15, -0.1) is 11.8 Å². The summed E-state index contributed by atoms with van der Waals surface area (Å²) in [6, 6.07) is 10.8. The minimum Gasteiger partial charge on any atom is -0.354 e. The average Bonchev–Trinajstić information content (AvgIpc) is 2.75. The number of carbonyl (C=O) groups excluding carboxylic acids is 2. The lowest BCUT2D eigenvalue weighted by Crippen LogP contribution is -2.49. The summed E-state index contributed by atoms with van der Waals surface area (Å²) in [5, 5.41) is 3.84. The zero-order valence-corrected chi connectivity index (χ0v) is 20.0. The molecule has 0 fully saturated rings. The van der Waals surface area contributed by atoms with Gasteiger partial charge in [0, 0.05) is 18.8 Å². The Balaban J connectivity index is 2.10. The summed E-state index contributed by atoms with van der Waals surface area (Å²) in [5.74, 6) is 0.138. The molecule has 168 valence electrons. The summed E-state index contributed by atoms with van der Waals surface area (Å²) in [6.07, 6.45) is 1.30. The highest BCUT2D eigenvalue weighted by Crippen LogP contribution is 2.25. The van der Waals surface area contributed by atoms with Gasteiger partial charge in [0.25, 0.3) is 0 Å². The highest BCUT2D eigenvalue weighted by Gasteiger charge is 2.28. The third-order valence-corrected chi connectivity index (χ3v) is 6.41. The van der Waals surface area contributed by atoms with Crippen molar-refractivity contribution >= 4 is 46.8 Å². The Bertz CT molecular complexity index is 880. The van der Waals surface area contributed by atoms with Crippen LogP contribution in [0.2, 0.25) is 10.0 Å². The minimum absolute atomic E-state index is 0.145. The molecule has 2 rings (SSSR count). The van der Waals surface area contributed by atoms with Gasteiger partial charge in [-0.05, 0) is 48.2 Å². The summed E-state index contributed by atoms with van der Waals surface area (Å²) < 4.78 is 13.3. The first-order valence-corrected chi connectivity index (χ1v) is 12.1. The third-order valence-electron chi connectivity index (χ3n) is 4.68. The number of carbonyl (C=O) groups is 2. The lowest BCUT2D eigenvalue weighted by Gasteiger charge is -2.30. The van der Waals surface area contributed by atoms with Crippen LogP contribution in [0.15, 0.2) is 42.5 Å². The van der Waals surface area contributed by atoms with Crippen LogP contribution in [-0.2, 0) is 21.9 Å². The number of rotatable bonds is 11. The molecule has 0 aliphatic heterocycles. The van der Waals surface area contributed by atoms with Gasteiger partial charge in [0.05, 0.1) is 15.8 Å². The number of hydrogen-bond donors (Lipinski definition) is 1. The Morgan fingerprint density at radius 1 is 1.06 bits per heavy atom. The Kier molecular flexibility index (Phi) is 10.6. The average molecular weight is 485 g/mol. The molecule has 31 heavy (non-hydrogen) atoms. The van der Waals surface area contributed by atoms with E-state index in [1.165, 1.54) is 23.9 Å². The Morgan fingerprint density at radius 2 is 1.74 bits per heavy atom. The maximum Gasteiger partial charge on any atom is 0.242 e. The van der Waals surface area contributed by atoms with E-state index in [0.29, 0.717) is 28.8 Å². The van der Waals surface area contributed by atoms with E-state index in [-0.39, 0.29) is 29.9 Å². The van der Waals surface area contributed by atoms with E-state index in [4.69, 9.17) is 23.2 Å². The predicted molar refractivity (Wildman–Crippen MR) is 127 cm³/mol. The van der Waals surface area contributed by atoms with Crippen LogP contribution in [0.3, 0.4) is 0 Å². The zero-order valence-electron chi connectivity index (χ0n) is 17.7. The van der Waals surface area contributed by atoms with Crippen molar-refractivity contribution in [2.45, 2.75) is 45.0 Å². The van der Waals surface area contributed by atoms with Crippen LogP contribution in [0.25, 0.3) is 0 Å². The van der Waals surface area contributed by atoms with Crippen molar-refractivity contribution in [1.29, 1.82) is 0 Å². The molecule has 0 bridgehead atoms. The van der Waals surface area contributed by atoms with Crippen molar-refractivity contribution in [2.75, 3.05) is 12.3 Å². The summed E-state index contributed by atoms with van der Waals surface area (Å²) in [6.45, 7) is 4.65. The number of hydrogen-bond acceptors (Lipinski definition) is 3. The topological polar surface area (TPSA) is 49.4 Å². The first-order chi connectivity index (χ1) is 14.8. The fraction of sp³-hybridized carbons (Fsp3) is 0.391. The second-order valence-corrected chi connectivity index (χ2v) is 8.90. The first kappa shape index (κ1) is 25.5. The van der Waals surface area contributed by atoms with Gasteiger partial charge in [-0.3, -0.25) is 9.59 Å². The van der Waals surface area contributed by atoms with Crippen LogP contribution in [0, 0.1) is 5.82 Å². The normalized spacial score (nSPS) is 11.8. The standard InChI is InChI=1S/C23H27Cl2FN2O2S/c1-3-11-27-23(30)21(4-2)28(13-16-5-8-18(26)9-6-16)22(29)15-31-14-17-7-10-19(24)20(25)12-17/h5-10,12,21H,3-4,11,13-15H2,1-2H3,(H,27,30)/t21-/m1/s1. The molecule has 4 nitrogen and oxygen atoms in total. The number of nitrogens with zero attached hydrogens (tertiary/aromatic N) is 1. The van der Waals surface area contributed by atoms with Crippen molar-refractivity contribution in [2.24, 2.45) is 0 Å². The van der Waals surface area contributed by atoms with Crippen LogP contribution in [0.4, 0.5) is 4.39 Å². The number of halogens is 3. The van der Waals surface area contributed by atoms with Gasteiger partial charge in [0.15, 0.2) is 0 Å². The molecule has 0 aromatic heterocycles. The molecule has 0 unspecified atom stereocenters. The predicted octanol–water partition coefficient (Wildman–Crippen LogP) is 5.70. The van der Waals surface area contributed by atoms with Gasteiger partial charge < -0.3 is 10.2 Å². The van der Waals surface area contributed by atoms with E-state index in [1.54, 1.807) is 29.2 Å². The monoisotopic (exact) mass is 484 g/mol. The molecule has 8 heteroatoms. The van der Waals surface area contributed by atoms with E-state index >= 15 is 0 Å². The number of nitrogens with one attached hydrogen (secondary N) is 1. The molecule has 0 heterocycles. The molecule has 2 aromatic rings. The van der Waals surface area contributed by atoms with Crippen molar-refractivity contribution in [3.05, 3.63) is 69.5 Å². The fourth-order valence-corrected chi connectivity index (χ4v) is 4.22. The summed E-state index contributed by atoms with van der Waals surface area (Å²) >= 11 is 13.4. The Morgan fingerprint density at radius 3 is 2.35 bits per heavy atom. The van der Waals surface area contributed by atoms with E-state index in [1.807, 2.05) is 19.9 Å². The lowest BCUT2D eigenvalue weighted by atomic mass is 10.1.